The van der Waals surface area contributed by atoms with Crippen LogP contribution in [0.15, 0.2) is 135 Å². The Kier molecular flexibility index (Phi) is 86.8. The zero-order valence-electron chi connectivity index (χ0n) is 92.4. The largest absolute Gasteiger partial charge is 0.462 e. The summed E-state index contributed by atoms with van der Waals surface area (Å²) in [5.74, 6) is -4.85. The van der Waals surface area contributed by atoms with Crippen molar-refractivity contribution in [3.8, 4) is 41.5 Å². The molecule has 0 radical (unpaired) electrons. The molecular formula is C112H162N6O32. The molecule has 1 N–H and O–H groups in total. The summed E-state index contributed by atoms with van der Waals surface area (Å²) < 4.78 is 78.3. The molecule has 1 aliphatic carbocycles. The second kappa shape index (κ2) is 89.3. The molecule has 0 heterocycles. The Morgan fingerprint density at radius 3 is 1.03 bits per heavy atom. The van der Waals surface area contributed by atoms with E-state index in [0.717, 1.165) is 82.8 Å². The first-order valence-electron chi connectivity index (χ1n) is 49.9. The monoisotopic (exact) mass is 2100 g/mol. The zero-order chi connectivity index (χ0) is 116. The van der Waals surface area contributed by atoms with Crippen LogP contribution in [0.1, 0.15) is 279 Å². The first-order valence-corrected chi connectivity index (χ1v) is 49.9. The number of amides is 1. The van der Waals surface area contributed by atoms with Crippen LogP contribution in [0.3, 0.4) is 0 Å². The number of alkyl carbamates (subject to hydrolysis) is 1. The molecule has 4 rings (SSSR count). The predicted molar refractivity (Wildman–Crippen MR) is 559 cm³/mol. The number of hydrogen-bond donors (Lipinski definition) is 1. The van der Waals surface area contributed by atoms with Crippen LogP contribution >= 0.6 is 0 Å². The van der Waals surface area contributed by atoms with Crippen LogP contribution < -0.4 is 19.5 Å². The molecule has 0 saturated heterocycles. The average Bonchev–Trinajstić information content (AvgIpc) is 0.837. The minimum Gasteiger partial charge on any atom is -0.462 e. The molecule has 1 saturated carbocycles. The van der Waals surface area contributed by atoms with Crippen molar-refractivity contribution in [3.63, 3.8) is 0 Å². The Labute approximate surface area is 887 Å². The van der Waals surface area contributed by atoms with Crippen molar-refractivity contribution in [1.29, 1.82) is 21.0 Å². The Morgan fingerprint density at radius 2 is 0.713 bits per heavy atom. The Morgan fingerprint density at radius 1 is 0.400 bits per heavy atom. The number of esters is 15. The lowest BCUT2D eigenvalue weighted by molar-refractivity contribution is -0.161. The van der Waals surface area contributed by atoms with Crippen LogP contribution in [0, 0.1) is 105 Å². The maximum atomic E-state index is 11.6. The van der Waals surface area contributed by atoms with Gasteiger partial charge in [0.05, 0.1) is 94.2 Å². The fourth-order valence-electron chi connectivity index (χ4n) is 9.02. The highest BCUT2D eigenvalue weighted by atomic mass is 16.6. The van der Waals surface area contributed by atoms with Crippen molar-refractivity contribution in [2.45, 2.75) is 274 Å². The summed E-state index contributed by atoms with van der Waals surface area (Å²) in [5.41, 5.74) is 1.15. The van der Waals surface area contributed by atoms with Gasteiger partial charge in [-0.15, -0.1) is 0 Å². The molecule has 0 bridgehead atoms. The number of carbonyl (C=O) groups excluding carboxylic acids is 16. The summed E-state index contributed by atoms with van der Waals surface area (Å²) in [6, 6.07) is 27.9. The quantitative estimate of drug-likeness (QED) is 0.0137. The number of nitrogens with one attached hydrogen (secondary N) is 1. The lowest BCUT2D eigenvalue weighted by atomic mass is 9.85. The molecule has 0 aliphatic heterocycles. The van der Waals surface area contributed by atoms with Gasteiger partial charge in [0, 0.05) is 41.7 Å². The van der Waals surface area contributed by atoms with Crippen LogP contribution in [0.25, 0.3) is 4.85 Å². The first kappa shape index (κ1) is 146. The molecule has 1 amide bonds. The first-order chi connectivity index (χ1) is 70.8. The predicted octanol–water partition coefficient (Wildman–Crippen LogP) is 19.4. The summed E-state index contributed by atoms with van der Waals surface area (Å²) in [5, 5.41) is 37.5. The van der Waals surface area contributed by atoms with Gasteiger partial charge >= 0.3 is 102 Å². The van der Waals surface area contributed by atoms with E-state index >= 15 is 0 Å². The minimum atomic E-state index is -0.821. The topological polar surface area (TPSA) is 532 Å². The van der Waals surface area contributed by atoms with Crippen molar-refractivity contribution < 1.29 is 153 Å². The summed E-state index contributed by atoms with van der Waals surface area (Å²) in [4.78, 5) is 181. The number of hydrogen-bond acceptors (Lipinski definition) is 36. The van der Waals surface area contributed by atoms with Gasteiger partial charge in [-0.3, -0.25) is 43.2 Å². The van der Waals surface area contributed by atoms with Crippen LogP contribution in [0.4, 0.5) is 4.79 Å². The third-order valence-corrected chi connectivity index (χ3v) is 21.3. The molecule has 38 nitrogen and oxygen atoms in total. The van der Waals surface area contributed by atoms with Crippen molar-refractivity contribution in [3.05, 3.63) is 163 Å². The normalized spacial score (nSPS) is 12.4. The van der Waals surface area contributed by atoms with Gasteiger partial charge in [0.2, 0.25) is 0 Å². The Hall–Kier alpha value is -14.9. The molecule has 9 atom stereocenters. The SMILES string of the molecule is C=C(C)C(=O)OCCNC(=O)OCCOC(=O)C(C)CC.C=C(C)C(=O)OCCOC(=O)C(C)(C)CC.C=C(C)C(=O)OCCOC(=O)C(C)CC.C=CC(=O)OCCOC(=O)C(C)CC.C=CC(=O)OCCOC(=O)C(C)CC.CCC(C)C(=O)OC1(C#N)CCCCC1.CCC(C)C(=O)Oc1ccc(C#N)cc1.CCC(C)C(=O)Oc1ccc(C#N)cc1.CCC(C)C(=O)Oc1ccccc1C#N.[C-]#[N+]CC(=O)OC(C)CC. The number of rotatable bonds is 48. The highest BCUT2D eigenvalue weighted by Gasteiger charge is 2.37. The second-order valence-corrected chi connectivity index (χ2v) is 34.3. The highest BCUT2D eigenvalue weighted by Crippen LogP contribution is 2.32. The van der Waals surface area contributed by atoms with E-state index in [-0.39, 0.29) is 193 Å². The summed E-state index contributed by atoms with van der Waals surface area (Å²) in [7, 11) is 0. The summed E-state index contributed by atoms with van der Waals surface area (Å²) in [6.07, 6.45) is 13.4. The lowest BCUT2D eigenvalue weighted by Gasteiger charge is -2.31. The number of nitrogens with zero attached hydrogens (tertiary/aromatic N) is 5. The Balaban J connectivity index is -0.000000385. The molecule has 9 unspecified atom stereocenters. The van der Waals surface area contributed by atoms with Crippen LogP contribution in [-0.2, 0) is 133 Å². The molecule has 150 heavy (non-hydrogen) atoms. The van der Waals surface area contributed by atoms with Crippen molar-refractivity contribution in [1.82, 2.24) is 5.32 Å². The van der Waals surface area contributed by atoms with E-state index in [1.54, 1.807) is 121 Å². The minimum absolute atomic E-state index is 0.0151. The fourth-order valence-corrected chi connectivity index (χ4v) is 9.02. The highest BCUT2D eigenvalue weighted by molar-refractivity contribution is 5.88. The molecular weight excluding hydrogens is 1940 g/mol. The molecule has 0 aromatic heterocycles. The second-order valence-electron chi connectivity index (χ2n) is 34.3. The molecule has 3 aromatic rings. The smallest absolute Gasteiger partial charge is 0.407 e. The van der Waals surface area contributed by atoms with Crippen molar-refractivity contribution >= 4 is 95.6 Å². The van der Waals surface area contributed by atoms with Gasteiger partial charge in [0.25, 0.3) is 0 Å². The van der Waals surface area contributed by atoms with Gasteiger partial charge in [-0.1, -0.05) is 176 Å². The number of para-hydroxylation sites is 1. The zero-order valence-corrected chi connectivity index (χ0v) is 92.4. The average molecular weight is 2100 g/mol. The van der Waals surface area contributed by atoms with E-state index in [4.69, 9.17) is 93.9 Å². The van der Waals surface area contributed by atoms with E-state index in [2.05, 4.69) is 58.6 Å². The standard InChI is InChI=1S/C14H23NO6.3C12H13NO2.C12H19NO2.C12H20O4.C11H18O4.2C10H16O4.C7H11NO2/c1-5-11(4)13(17)20-8-9-21-14(18)15-6-7-19-12(16)10(2)3;2*1-3-9(2)12(14)15-11-6-4-10(8-13)5-7-11;1-3-9(2)12(14)15-11-7-5-4-6-10(11)8-13;1-3-10(2)11(14)15-12(9-13)7-5-4-6-8-12;1-6-12(4,5)11(14)16-8-7-15-10(13)9(2)3;1-5-9(4)11(13)15-7-6-14-10(12)8(2)3;2*1-4-8(3)10(12)14-7-6-13-9(11)5-2;1-4-6(2)10-7(9)5-8-3/h11H,2,5-9H2,1,3-4H3,(H,15,18);3*4-7,9H,3H2,1-2H3;10H,3-8H2,1-2H3;2,6-8H2,1,3-5H3;9H,2,5-7H2,1,3-4H3;2*5,8H,2,4,6-7H2,1,3H3;6H,4-5H2,1-2H3. The molecule has 0 spiro atoms. The summed E-state index contributed by atoms with van der Waals surface area (Å²) >= 11 is 0. The summed E-state index contributed by atoms with van der Waals surface area (Å²) in [6.45, 7) is 67.5. The van der Waals surface area contributed by atoms with E-state index in [9.17, 15) is 76.7 Å². The van der Waals surface area contributed by atoms with E-state index in [1.165, 1.54) is 6.92 Å². The van der Waals surface area contributed by atoms with Gasteiger partial charge in [0.15, 0.2) is 5.60 Å². The van der Waals surface area contributed by atoms with Crippen LogP contribution in [0.2, 0.25) is 0 Å². The number of carbonyl (C=O) groups is 16. The molecule has 1 aliphatic rings. The van der Waals surface area contributed by atoms with Crippen LogP contribution in [0.5, 0.6) is 17.2 Å². The maximum Gasteiger partial charge on any atom is 0.407 e. The maximum absolute atomic E-state index is 11.6. The van der Waals surface area contributed by atoms with Gasteiger partial charge in [-0.2, -0.15) is 21.0 Å². The van der Waals surface area contributed by atoms with Crippen molar-refractivity contribution in [2.24, 2.45) is 52.8 Å². The number of nitriles is 4. The van der Waals surface area contributed by atoms with Crippen LogP contribution in [-0.4, -0.2) is 193 Å². The van der Waals surface area contributed by atoms with E-state index < -0.39 is 52.9 Å². The Bertz CT molecular complexity index is 4720. The third kappa shape index (κ3) is 74.9. The molecule has 832 valence electrons. The van der Waals surface area contributed by atoms with Gasteiger partial charge in [-0.05, 0) is 179 Å². The van der Waals surface area contributed by atoms with Gasteiger partial charge in [-0.25, -0.2) is 40.1 Å². The molecule has 38 heteroatoms. The van der Waals surface area contributed by atoms with Gasteiger partial charge in [0.1, 0.15) is 102 Å². The van der Waals surface area contributed by atoms with Gasteiger partial charge < -0.3 is 86.0 Å². The van der Waals surface area contributed by atoms with Crippen molar-refractivity contribution in [2.75, 3.05) is 85.8 Å². The molecule has 1 fully saturated rings. The number of benzene rings is 3. The van der Waals surface area contributed by atoms with E-state index in [1.807, 2.05) is 129 Å². The lowest BCUT2D eigenvalue weighted by Crippen LogP contribution is -2.37. The number of ether oxygens (including phenoxy) is 16. The van der Waals surface area contributed by atoms with E-state index in [0.29, 0.717) is 76.3 Å². The third-order valence-electron chi connectivity index (χ3n) is 21.3. The fraction of sp³-hybridized carbons (Fsp3) is 0.562. The molecule has 3 aromatic carbocycles.